The topological polar surface area (TPSA) is 79.7 Å². The van der Waals surface area contributed by atoms with E-state index in [1.54, 1.807) is 11.1 Å². The summed E-state index contributed by atoms with van der Waals surface area (Å²) in [6.07, 6.45) is 1.28. The van der Waals surface area contributed by atoms with E-state index >= 15 is 0 Å². The number of ether oxygens (including phenoxy) is 1. The molecule has 1 spiro atoms. The number of hydrogen-bond acceptors (Lipinski definition) is 5. The number of pyridine rings is 1. The molecule has 3 aliphatic rings. The van der Waals surface area contributed by atoms with Gasteiger partial charge in [0.1, 0.15) is 0 Å². The Kier molecular flexibility index (Phi) is 6.61. The van der Waals surface area contributed by atoms with Gasteiger partial charge in [-0.25, -0.2) is 9.18 Å². The maximum Gasteiger partial charge on any atom is 0.490 e. The minimum atomic E-state index is -5.08. The van der Waals surface area contributed by atoms with Gasteiger partial charge in [0.15, 0.2) is 5.67 Å². The molecule has 1 amide bonds. The summed E-state index contributed by atoms with van der Waals surface area (Å²) in [5.74, 6) is -2.09. The fourth-order valence-corrected chi connectivity index (χ4v) is 5.16. The number of hydrogen-bond donors (Lipinski definition) is 1. The Morgan fingerprint density at radius 2 is 2.00 bits per heavy atom. The molecule has 0 bridgehead atoms. The highest BCUT2D eigenvalue weighted by Gasteiger charge is 2.56. The van der Waals surface area contributed by atoms with Gasteiger partial charge >= 0.3 is 12.1 Å². The average molecular weight is 450 g/mol. The number of nitrogens with zero attached hydrogens (tertiary/aromatic N) is 2. The van der Waals surface area contributed by atoms with Crippen molar-refractivity contribution in [1.82, 2.24) is 9.88 Å². The van der Waals surface area contributed by atoms with Gasteiger partial charge in [0, 0.05) is 31.2 Å². The molecule has 1 aromatic heterocycles. The van der Waals surface area contributed by atoms with Gasteiger partial charge in [-0.2, -0.15) is 13.2 Å². The summed E-state index contributed by atoms with van der Waals surface area (Å²) in [5, 5.41) is 7.12. The number of aromatic nitrogens is 1. The first-order valence-electron chi connectivity index (χ1n) is 9.46. The molecule has 1 atom stereocenters. The lowest BCUT2D eigenvalue weighted by Crippen LogP contribution is -2.65. The molecule has 1 unspecified atom stereocenters. The average Bonchev–Trinajstić information content (AvgIpc) is 3.08. The van der Waals surface area contributed by atoms with Gasteiger partial charge in [-0.15, -0.1) is 11.8 Å². The zero-order valence-electron chi connectivity index (χ0n) is 16.0. The number of alkyl halides is 4. The first-order chi connectivity index (χ1) is 14.0. The van der Waals surface area contributed by atoms with E-state index in [0.29, 0.717) is 32.5 Å². The van der Waals surface area contributed by atoms with Crippen LogP contribution in [0.4, 0.5) is 17.6 Å². The summed E-state index contributed by atoms with van der Waals surface area (Å²) in [7, 11) is 0. The molecule has 0 aromatic carbocycles. The zero-order valence-corrected chi connectivity index (χ0v) is 16.8. The van der Waals surface area contributed by atoms with E-state index in [9.17, 15) is 22.4 Å². The van der Waals surface area contributed by atoms with Crippen LogP contribution in [0.15, 0.2) is 24.5 Å². The molecule has 4 rings (SSSR count). The molecule has 1 saturated carbocycles. The largest absolute Gasteiger partial charge is 0.490 e. The molecule has 3 heterocycles. The van der Waals surface area contributed by atoms with Crippen LogP contribution in [0, 0.1) is 0 Å². The molecular formula is C19H22F4N2O4S. The molecule has 0 radical (unpaired) electrons. The molecular weight excluding hydrogens is 428 g/mol. The van der Waals surface area contributed by atoms with Gasteiger partial charge in [0.25, 0.3) is 5.91 Å². The molecule has 2 saturated heterocycles. The van der Waals surface area contributed by atoms with E-state index < -0.39 is 17.8 Å². The molecule has 1 aliphatic carbocycles. The van der Waals surface area contributed by atoms with Crippen molar-refractivity contribution in [1.29, 1.82) is 0 Å². The van der Waals surface area contributed by atoms with Crippen LogP contribution >= 0.6 is 11.8 Å². The molecule has 6 nitrogen and oxygen atoms in total. The molecule has 3 fully saturated rings. The number of carbonyl (C=O) groups is 2. The second-order valence-electron chi connectivity index (χ2n) is 7.78. The van der Waals surface area contributed by atoms with Crippen molar-refractivity contribution >= 4 is 23.6 Å². The second-order valence-corrected chi connectivity index (χ2v) is 9.26. The Morgan fingerprint density at radius 1 is 1.33 bits per heavy atom. The predicted molar refractivity (Wildman–Crippen MR) is 101 cm³/mol. The SMILES string of the molecule is O=C(N1CC2(CC(OCc3cccnc3)CS2)C1)C1(F)CCC1.O=C(O)C(F)(F)F. The van der Waals surface area contributed by atoms with Gasteiger partial charge in [-0.1, -0.05) is 6.07 Å². The van der Waals surface area contributed by atoms with Crippen LogP contribution in [0.3, 0.4) is 0 Å². The number of rotatable bonds is 4. The highest BCUT2D eigenvalue weighted by Crippen LogP contribution is 2.48. The quantitative estimate of drug-likeness (QED) is 0.710. The van der Waals surface area contributed by atoms with Gasteiger partial charge in [0.05, 0.1) is 17.5 Å². The smallest absolute Gasteiger partial charge is 0.475 e. The lowest BCUT2D eigenvalue weighted by Gasteiger charge is -2.50. The van der Waals surface area contributed by atoms with Crippen LogP contribution in [0.25, 0.3) is 0 Å². The number of carboxylic acid groups (broad SMARTS) is 1. The lowest BCUT2D eigenvalue weighted by molar-refractivity contribution is -0.192. The molecule has 2 aliphatic heterocycles. The highest BCUT2D eigenvalue weighted by atomic mass is 32.2. The molecule has 11 heteroatoms. The Bertz CT molecular complexity index is 768. The first kappa shape index (κ1) is 22.8. The number of carbonyl (C=O) groups excluding carboxylic acids is 1. The first-order valence-corrected chi connectivity index (χ1v) is 10.4. The Labute approximate surface area is 175 Å². The normalized spacial score (nSPS) is 23.7. The Hall–Kier alpha value is -1.88. The van der Waals surface area contributed by atoms with Crippen LogP contribution in [0.5, 0.6) is 0 Å². The predicted octanol–water partition coefficient (Wildman–Crippen LogP) is 3.21. The summed E-state index contributed by atoms with van der Waals surface area (Å²) in [6, 6.07) is 3.92. The molecule has 1 aromatic rings. The summed E-state index contributed by atoms with van der Waals surface area (Å²) in [5.41, 5.74) is -0.477. The van der Waals surface area contributed by atoms with Crippen molar-refractivity contribution in [2.45, 2.75) is 55.0 Å². The highest BCUT2D eigenvalue weighted by molar-refractivity contribution is 8.01. The number of thioether (sulfide) groups is 1. The van der Waals surface area contributed by atoms with Crippen LogP contribution in [-0.2, 0) is 20.9 Å². The Morgan fingerprint density at radius 3 is 2.50 bits per heavy atom. The summed E-state index contributed by atoms with van der Waals surface area (Å²) in [6.45, 7) is 1.93. The fraction of sp³-hybridized carbons (Fsp3) is 0.632. The van der Waals surface area contributed by atoms with Crippen LogP contribution in [0.2, 0.25) is 0 Å². The van der Waals surface area contributed by atoms with Crippen LogP contribution in [0.1, 0.15) is 31.2 Å². The minimum Gasteiger partial charge on any atom is -0.475 e. The number of aliphatic carboxylic acids is 1. The van der Waals surface area contributed by atoms with Crippen LogP contribution in [-0.4, -0.2) is 68.4 Å². The monoisotopic (exact) mass is 450 g/mol. The number of amides is 1. The fourth-order valence-electron chi connectivity index (χ4n) is 3.60. The van der Waals surface area contributed by atoms with Crippen molar-refractivity contribution in [2.75, 3.05) is 18.8 Å². The number of halogens is 4. The lowest BCUT2D eigenvalue weighted by atomic mass is 9.79. The standard InChI is InChI=1S/C17H21FN2O2S.C2HF3O2/c18-17(4-2-5-17)15(21)20-11-16(12-20)7-14(10-23-16)22-9-13-3-1-6-19-8-13;3-2(4,5)1(6)7/h1,3,6,8,14H,2,4-5,7,9-12H2;(H,6,7). The Balaban J connectivity index is 0.000000318. The van der Waals surface area contributed by atoms with E-state index in [-0.39, 0.29) is 16.8 Å². The third-order valence-electron chi connectivity index (χ3n) is 5.40. The maximum atomic E-state index is 14.2. The number of carboxylic acids is 1. The third-order valence-corrected chi connectivity index (χ3v) is 6.98. The van der Waals surface area contributed by atoms with Gasteiger partial charge in [-0.05, 0) is 37.3 Å². The summed E-state index contributed by atoms with van der Waals surface area (Å²) < 4.78 is 52.0. The van der Waals surface area contributed by atoms with Gasteiger partial charge < -0.3 is 14.7 Å². The van der Waals surface area contributed by atoms with Crippen molar-refractivity contribution in [2.24, 2.45) is 0 Å². The summed E-state index contributed by atoms with van der Waals surface area (Å²) >= 11 is 1.88. The van der Waals surface area contributed by atoms with Gasteiger partial charge in [0.2, 0.25) is 0 Å². The van der Waals surface area contributed by atoms with Crippen LogP contribution < -0.4 is 0 Å². The van der Waals surface area contributed by atoms with E-state index in [4.69, 9.17) is 14.6 Å². The van der Waals surface area contributed by atoms with Crippen molar-refractivity contribution in [3.63, 3.8) is 0 Å². The zero-order chi connectivity index (χ0) is 22.0. The van der Waals surface area contributed by atoms with E-state index in [1.165, 1.54) is 0 Å². The molecule has 30 heavy (non-hydrogen) atoms. The third kappa shape index (κ3) is 5.23. The van der Waals surface area contributed by atoms with E-state index in [2.05, 4.69) is 4.98 Å². The van der Waals surface area contributed by atoms with E-state index in [0.717, 1.165) is 24.2 Å². The van der Waals surface area contributed by atoms with Crippen molar-refractivity contribution in [3.8, 4) is 0 Å². The molecule has 166 valence electrons. The molecule has 1 N–H and O–H groups in total. The minimum absolute atomic E-state index is 0.0926. The number of likely N-dealkylation sites (tertiary alicyclic amines) is 1. The second kappa shape index (κ2) is 8.70. The van der Waals surface area contributed by atoms with Gasteiger partial charge in [-0.3, -0.25) is 9.78 Å². The summed E-state index contributed by atoms with van der Waals surface area (Å²) in [4.78, 5) is 26.9. The maximum absolute atomic E-state index is 14.2. The van der Waals surface area contributed by atoms with Crippen molar-refractivity contribution in [3.05, 3.63) is 30.1 Å². The van der Waals surface area contributed by atoms with Crippen molar-refractivity contribution < 1.29 is 37.0 Å². The van der Waals surface area contributed by atoms with E-state index in [1.807, 2.05) is 30.1 Å².